The Labute approximate surface area is 161 Å². The molecule has 2 aromatic carbocycles. The first-order chi connectivity index (χ1) is 12.8. The number of hydrogen-bond acceptors (Lipinski definition) is 3. The normalized spacial score (nSPS) is 13.1. The summed E-state index contributed by atoms with van der Waals surface area (Å²) in [5, 5.41) is 0.976. The first-order valence-electron chi connectivity index (χ1n) is 9.09. The summed E-state index contributed by atoms with van der Waals surface area (Å²) in [5.41, 5.74) is 1.63. The van der Waals surface area contributed by atoms with Crippen molar-refractivity contribution in [2.75, 3.05) is 11.4 Å². The third kappa shape index (κ3) is 3.81. The molecular formula is C21H26N2O3S. The van der Waals surface area contributed by atoms with Crippen LogP contribution in [0.1, 0.15) is 27.2 Å². The number of nitrogens with one attached hydrogen (secondary N) is 1. The van der Waals surface area contributed by atoms with Gasteiger partial charge in [-0.2, -0.15) is 0 Å². The van der Waals surface area contributed by atoms with Gasteiger partial charge in [-0.3, -0.25) is 4.31 Å². The maximum Gasteiger partial charge on any atom is 0.268 e. The molecule has 1 atom stereocenters. The number of H-pyrrole nitrogens is 1. The van der Waals surface area contributed by atoms with Crippen molar-refractivity contribution in [3.8, 4) is 5.75 Å². The number of sulfonamides is 1. The number of aromatic nitrogens is 1. The van der Waals surface area contributed by atoms with Gasteiger partial charge in [0.2, 0.25) is 0 Å². The lowest BCUT2D eigenvalue weighted by molar-refractivity contribution is 0.402. The summed E-state index contributed by atoms with van der Waals surface area (Å²) in [6.45, 7) is 6.15. The van der Waals surface area contributed by atoms with E-state index in [0.29, 0.717) is 17.4 Å². The molecule has 1 aromatic heterocycles. The van der Waals surface area contributed by atoms with Gasteiger partial charge in [0, 0.05) is 23.1 Å². The predicted octanol–water partition coefficient (Wildman–Crippen LogP) is 4.81. The van der Waals surface area contributed by atoms with Crippen LogP contribution in [0.3, 0.4) is 0 Å². The number of rotatable bonds is 7. The number of fused-ring (bicyclic) bond motifs is 1. The topological polar surface area (TPSA) is 62.4 Å². The van der Waals surface area contributed by atoms with E-state index in [4.69, 9.17) is 4.74 Å². The van der Waals surface area contributed by atoms with E-state index >= 15 is 0 Å². The van der Waals surface area contributed by atoms with Gasteiger partial charge in [-0.15, -0.1) is 0 Å². The number of methoxy groups -OCH3 is 1. The van der Waals surface area contributed by atoms with Gasteiger partial charge in [-0.05, 0) is 55.7 Å². The number of para-hydroxylation sites is 1. The van der Waals surface area contributed by atoms with Crippen LogP contribution in [0.5, 0.6) is 5.75 Å². The van der Waals surface area contributed by atoms with E-state index in [1.54, 1.807) is 24.3 Å². The second-order valence-corrected chi connectivity index (χ2v) is 8.96. The lowest BCUT2D eigenvalue weighted by Crippen LogP contribution is -2.39. The molecule has 0 unspecified atom stereocenters. The van der Waals surface area contributed by atoms with Crippen LogP contribution in [-0.2, 0) is 10.0 Å². The van der Waals surface area contributed by atoms with Crippen molar-refractivity contribution in [3.63, 3.8) is 0 Å². The Morgan fingerprint density at radius 2 is 1.81 bits per heavy atom. The molecule has 0 saturated carbocycles. The second kappa shape index (κ2) is 7.64. The van der Waals surface area contributed by atoms with Crippen LogP contribution in [0.4, 0.5) is 5.69 Å². The van der Waals surface area contributed by atoms with Gasteiger partial charge >= 0.3 is 0 Å². The largest absolute Gasteiger partial charge is 0.495 e. The smallest absolute Gasteiger partial charge is 0.268 e. The summed E-state index contributed by atoms with van der Waals surface area (Å²) in [5.74, 6) is 0.716. The van der Waals surface area contributed by atoms with Gasteiger partial charge in [0.05, 0.1) is 12.8 Å². The standard InChI is InChI=1S/C21H26N2O3S/c1-15(2)13-16(3)23(18-9-10-19-17(14-18)11-12-22-19)27(24,25)21-8-6-5-7-20(21)26-4/h5-12,14-16,22H,13H2,1-4H3/t16-/m0/s1. The zero-order valence-electron chi connectivity index (χ0n) is 16.1. The zero-order chi connectivity index (χ0) is 19.6. The molecule has 5 nitrogen and oxygen atoms in total. The highest BCUT2D eigenvalue weighted by Gasteiger charge is 2.32. The summed E-state index contributed by atoms with van der Waals surface area (Å²) in [6.07, 6.45) is 2.60. The van der Waals surface area contributed by atoms with E-state index in [1.165, 1.54) is 11.4 Å². The van der Waals surface area contributed by atoms with Crippen LogP contribution >= 0.6 is 0 Å². The minimum Gasteiger partial charge on any atom is -0.495 e. The van der Waals surface area contributed by atoms with Crippen molar-refractivity contribution in [3.05, 3.63) is 54.7 Å². The molecule has 3 aromatic rings. The molecule has 27 heavy (non-hydrogen) atoms. The average Bonchev–Trinajstić information content (AvgIpc) is 3.08. The monoisotopic (exact) mass is 386 g/mol. The van der Waals surface area contributed by atoms with E-state index in [2.05, 4.69) is 18.8 Å². The fourth-order valence-electron chi connectivity index (χ4n) is 3.52. The average molecular weight is 387 g/mol. The van der Waals surface area contributed by atoms with Crippen molar-refractivity contribution >= 4 is 26.6 Å². The Morgan fingerprint density at radius 1 is 1.07 bits per heavy atom. The SMILES string of the molecule is COc1ccccc1S(=O)(=O)N(c1ccc2[nH]ccc2c1)[C@@H](C)CC(C)C. The molecule has 0 aliphatic heterocycles. The van der Waals surface area contributed by atoms with Crippen molar-refractivity contribution in [2.24, 2.45) is 5.92 Å². The molecule has 1 N–H and O–H groups in total. The summed E-state index contributed by atoms with van der Waals surface area (Å²) in [6, 6.07) is 14.2. The molecule has 144 valence electrons. The van der Waals surface area contributed by atoms with E-state index in [9.17, 15) is 8.42 Å². The molecule has 0 amide bonds. The fourth-order valence-corrected chi connectivity index (χ4v) is 5.34. The van der Waals surface area contributed by atoms with Gasteiger partial charge in [-0.25, -0.2) is 8.42 Å². The number of ether oxygens (including phenoxy) is 1. The number of hydrogen-bond donors (Lipinski definition) is 1. The predicted molar refractivity (Wildman–Crippen MR) is 110 cm³/mol. The Morgan fingerprint density at radius 3 is 2.52 bits per heavy atom. The van der Waals surface area contributed by atoms with Gasteiger partial charge in [0.25, 0.3) is 10.0 Å². The quantitative estimate of drug-likeness (QED) is 0.634. The van der Waals surface area contributed by atoms with Gasteiger partial charge < -0.3 is 9.72 Å². The molecule has 0 saturated heterocycles. The molecule has 0 radical (unpaired) electrons. The lowest BCUT2D eigenvalue weighted by Gasteiger charge is -2.32. The Kier molecular flexibility index (Phi) is 5.46. The van der Waals surface area contributed by atoms with Gasteiger partial charge in [-0.1, -0.05) is 26.0 Å². The summed E-state index contributed by atoms with van der Waals surface area (Å²) in [4.78, 5) is 3.33. The fraction of sp³-hybridized carbons (Fsp3) is 0.333. The molecule has 0 spiro atoms. The molecule has 6 heteroatoms. The van der Waals surface area contributed by atoms with Crippen LogP contribution in [0, 0.1) is 5.92 Å². The molecule has 3 rings (SSSR count). The van der Waals surface area contributed by atoms with Crippen LogP contribution in [-0.4, -0.2) is 26.6 Å². The Hall–Kier alpha value is -2.47. The third-order valence-electron chi connectivity index (χ3n) is 4.61. The Bertz CT molecular complexity index is 1020. The van der Waals surface area contributed by atoms with Crippen LogP contribution in [0.15, 0.2) is 59.6 Å². The number of benzene rings is 2. The Balaban J connectivity index is 2.16. The third-order valence-corrected chi connectivity index (χ3v) is 6.59. The number of anilines is 1. The molecule has 1 heterocycles. The number of nitrogens with zero attached hydrogens (tertiary/aromatic N) is 1. The van der Waals surface area contributed by atoms with Crippen LogP contribution in [0.25, 0.3) is 10.9 Å². The highest BCUT2D eigenvalue weighted by Crippen LogP contribution is 2.34. The first kappa shape index (κ1) is 19.3. The minimum atomic E-state index is -3.80. The highest BCUT2D eigenvalue weighted by molar-refractivity contribution is 7.93. The van der Waals surface area contributed by atoms with Gasteiger partial charge in [0.1, 0.15) is 10.6 Å². The second-order valence-electron chi connectivity index (χ2n) is 7.18. The van der Waals surface area contributed by atoms with Gasteiger partial charge in [0.15, 0.2) is 0 Å². The maximum atomic E-state index is 13.6. The summed E-state index contributed by atoms with van der Waals surface area (Å²) in [7, 11) is -2.31. The van der Waals surface area contributed by atoms with Crippen LogP contribution in [0.2, 0.25) is 0 Å². The molecule has 0 aliphatic rings. The maximum absolute atomic E-state index is 13.6. The van der Waals surface area contributed by atoms with Crippen molar-refractivity contribution in [1.29, 1.82) is 0 Å². The molecule has 0 bridgehead atoms. The molecule has 0 aliphatic carbocycles. The van der Waals surface area contributed by atoms with E-state index in [0.717, 1.165) is 17.3 Å². The van der Waals surface area contributed by atoms with Crippen LogP contribution < -0.4 is 9.04 Å². The van der Waals surface area contributed by atoms with E-state index in [1.807, 2.05) is 37.4 Å². The minimum absolute atomic E-state index is 0.178. The van der Waals surface area contributed by atoms with Crippen molar-refractivity contribution in [2.45, 2.75) is 38.1 Å². The molecule has 0 fully saturated rings. The zero-order valence-corrected chi connectivity index (χ0v) is 17.0. The highest BCUT2D eigenvalue weighted by atomic mass is 32.2. The summed E-state index contributed by atoms with van der Waals surface area (Å²) >= 11 is 0. The van der Waals surface area contributed by atoms with Crippen molar-refractivity contribution in [1.82, 2.24) is 4.98 Å². The van der Waals surface area contributed by atoms with E-state index in [-0.39, 0.29) is 10.9 Å². The van der Waals surface area contributed by atoms with E-state index < -0.39 is 10.0 Å². The first-order valence-corrected chi connectivity index (χ1v) is 10.5. The molecular weight excluding hydrogens is 360 g/mol. The summed E-state index contributed by atoms with van der Waals surface area (Å²) < 4.78 is 34.1. The number of aromatic amines is 1. The lowest BCUT2D eigenvalue weighted by atomic mass is 10.0. The van der Waals surface area contributed by atoms with Crippen molar-refractivity contribution < 1.29 is 13.2 Å².